The first-order valence-corrected chi connectivity index (χ1v) is 11.6. The van der Waals surface area contributed by atoms with Crippen LogP contribution in [0.3, 0.4) is 0 Å². The third-order valence-corrected chi connectivity index (χ3v) is 6.66. The maximum Gasteiger partial charge on any atom is 0.263 e. The molecule has 164 valence electrons. The van der Waals surface area contributed by atoms with E-state index in [1.807, 2.05) is 68.4 Å². The Morgan fingerprint density at radius 2 is 1.91 bits per heavy atom. The number of fused-ring (bicyclic) bond motifs is 1. The van der Waals surface area contributed by atoms with Crippen LogP contribution in [0, 0.1) is 13.8 Å². The van der Waals surface area contributed by atoms with Crippen LogP contribution in [0.2, 0.25) is 5.02 Å². The second kappa shape index (κ2) is 8.77. The average molecular weight is 474 g/mol. The summed E-state index contributed by atoms with van der Waals surface area (Å²) in [7, 11) is 0. The first kappa shape index (κ1) is 21.3. The van der Waals surface area contributed by atoms with Crippen LogP contribution in [0.1, 0.15) is 27.2 Å². The molecule has 0 saturated heterocycles. The van der Waals surface area contributed by atoms with Crippen LogP contribution in [-0.4, -0.2) is 25.7 Å². The third kappa shape index (κ3) is 4.13. The molecular weight excluding hydrogens is 454 g/mol. The molecule has 0 unspecified atom stereocenters. The molecular formula is C25H20ClN5OS. The summed E-state index contributed by atoms with van der Waals surface area (Å²) in [5, 5.41) is 5.74. The third-order valence-electron chi connectivity index (χ3n) is 5.42. The Hall–Kier alpha value is -3.55. The molecule has 0 fully saturated rings. The summed E-state index contributed by atoms with van der Waals surface area (Å²) in [6.45, 7) is 4.21. The minimum Gasteiger partial charge on any atom is -0.279 e. The van der Waals surface area contributed by atoms with E-state index in [0.29, 0.717) is 22.3 Å². The van der Waals surface area contributed by atoms with Gasteiger partial charge < -0.3 is 0 Å². The lowest BCUT2D eigenvalue weighted by Crippen LogP contribution is -2.30. The van der Waals surface area contributed by atoms with E-state index >= 15 is 0 Å². The molecule has 3 heterocycles. The van der Waals surface area contributed by atoms with Crippen molar-refractivity contribution in [2.24, 2.45) is 0 Å². The number of halogens is 1. The molecule has 2 aromatic carbocycles. The number of amides is 1. The molecule has 0 radical (unpaired) electrons. The van der Waals surface area contributed by atoms with E-state index in [1.54, 1.807) is 28.2 Å². The van der Waals surface area contributed by atoms with Gasteiger partial charge >= 0.3 is 0 Å². The Morgan fingerprint density at radius 1 is 1.09 bits per heavy atom. The number of pyridine rings is 1. The van der Waals surface area contributed by atoms with Gasteiger partial charge in [-0.1, -0.05) is 47.2 Å². The molecule has 0 bridgehead atoms. The number of anilines is 1. The van der Waals surface area contributed by atoms with Crippen molar-refractivity contribution in [1.82, 2.24) is 19.7 Å². The van der Waals surface area contributed by atoms with Crippen LogP contribution < -0.4 is 4.90 Å². The van der Waals surface area contributed by atoms with Gasteiger partial charge in [-0.05, 0) is 55.3 Å². The maximum absolute atomic E-state index is 13.8. The van der Waals surface area contributed by atoms with Gasteiger partial charge in [-0.2, -0.15) is 5.10 Å². The number of aryl methyl sites for hydroxylation is 1. The topological polar surface area (TPSA) is 63.9 Å². The van der Waals surface area contributed by atoms with Gasteiger partial charge in [0.15, 0.2) is 5.13 Å². The smallest absolute Gasteiger partial charge is 0.263 e. The van der Waals surface area contributed by atoms with Gasteiger partial charge in [0.05, 0.1) is 39.9 Å². The Labute approximate surface area is 200 Å². The van der Waals surface area contributed by atoms with Crippen LogP contribution in [-0.2, 0) is 6.54 Å². The standard InChI is InChI=1S/C25H20ClN5OS/c1-16-11-19(26)12-22-23(16)29-25(33-22)30(15-18-7-6-10-27-13-18)24(32)21-14-28-31(17(21)2)20-8-4-3-5-9-20/h3-14H,15H2,1-2H3. The number of thiazole rings is 1. The first-order chi connectivity index (χ1) is 16.0. The molecule has 3 aromatic heterocycles. The monoisotopic (exact) mass is 473 g/mol. The molecule has 0 spiro atoms. The van der Waals surface area contributed by atoms with Crippen molar-refractivity contribution in [3.05, 3.63) is 101 Å². The molecule has 0 aliphatic rings. The number of hydrogen-bond donors (Lipinski definition) is 0. The van der Waals surface area contributed by atoms with Crippen LogP contribution in [0.5, 0.6) is 0 Å². The van der Waals surface area contributed by atoms with Gasteiger partial charge in [0.1, 0.15) is 0 Å². The highest BCUT2D eigenvalue weighted by Gasteiger charge is 2.26. The summed E-state index contributed by atoms with van der Waals surface area (Å²) >= 11 is 7.71. The SMILES string of the molecule is Cc1cc(Cl)cc2sc(N(Cc3cccnc3)C(=O)c3cnn(-c4ccccc4)c3C)nc12. The summed E-state index contributed by atoms with van der Waals surface area (Å²) < 4.78 is 2.72. The van der Waals surface area contributed by atoms with Crippen molar-refractivity contribution in [3.63, 3.8) is 0 Å². The zero-order chi connectivity index (χ0) is 22.9. The Kier molecular flexibility index (Phi) is 5.66. The van der Waals surface area contributed by atoms with E-state index in [1.165, 1.54) is 11.3 Å². The Morgan fingerprint density at radius 3 is 2.67 bits per heavy atom. The van der Waals surface area contributed by atoms with Crippen LogP contribution >= 0.6 is 22.9 Å². The van der Waals surface area contributed by atoms with Crippen LogP contribution in [0.25, 0.3) is 15.9 Å². The summed E-state index contributed by atoms with van der Waals surface area (Å²) in [4.78, 5) is 24.5. The molecule has 0 aliphatic heterocycles. The number of carbonyl (C=O) groups is 1. The zero-order valence-corrected chi connectivity index (χ0v) is 19.6. The normalized spacial score (nSPS) is 11.1. The largest absolute Gasteiger partial charge is 0.279 e. The molecule has 0 N–H and O–H groups in total. The van der Waals surface area contributed by atoms with E-state index in [2.05, 4.69) is 10.1 Å². The van der Waals surface area contributed by atoms with Crippen molar-refractivity contribution >= 4 is 44.2 Å². The van der Waals surface area contributed by atoms with Gasteiger partial charge in [-0.25, -0.2) is 9.67 Å². The van der Waals surface area contributed by atoms with Crippen LogP contribution in [0.15, 0.2) is 73.2 Å². The molecule has 5 aromatic rings. The molecule has 0 saturated carbocycles. The fourth-order valence-corrected chi connectivity index (χ4v) is 5.17. The highest BCUT2D eigenvalue weighted by Crippen LogP contribution is 2.34. The fraction of sp³-hybridized carbons (Fsp3) is 0.120. The molecule has 5 rings (SSSR count). The molecule has 0 aliphatic carbocycles. The van der Waals surface area contributed by atoms with Crippen molar-refractivity contribution in [2.75, 3.05) is 4.90 Å². The minimum atomic E-state index is -0.165. The molecule has 6 nitrogen and oxygen atoms in total. The number of nitrogens with zero attached hydrogens (tertiary/aromatic N) is 5. The number of carbonyl (C=O) groups excluding carboxylic acids is 1. The lowest BCUT2D eigenvalue weighted by Gasteiger charge is -2.20. The van der Waals surface area contributed by atoms with Gasteiger partial charge in [0.25, 0.3) is 5.91 Å². The average Bonchev–Trinajstić information content (AvgIpc) is 3.42. The van der Waals surface area contributed by atoms with Crippen molar-refractivity contribution in [3.8, 4) is 5.69 Å². The minimum absolute atomic E-state index is 0.165. The second-order valence-corrected chi connectivity index (χ2v) is 9.15. The maximum atomic E-state index is 13.8. The molecule has 1 amide bonds. The molecule has 33 heavy (non-hydrogen) atoms. The van der Waals surface area contributed by atoms with E-state index in [-0.39, 0.29) is 5.91 Å². The lowest BCUT2D eigenvalue weighted by molar-refractivity contribution is 0.0984. The Balaban J connectivity index is 1.59. The Bertz CT molecular complexity index is 1450. The number of benzene rings is 2. The summed E-state index contributed by atoms with van der Waals surface area (Å²) in [5.41, 5.74) is 4.92. The number of aromatic nitrogens is 4. The van der Waals surface area contributed by atoms with E-state index in [4.69, 9.17) is 16.6 Å². The number of rotatable bonds is 5. The van der Waals surface area contributed by atoms with Crippen molar-refractivity contribution in [2.45, 2.75) is 20.4 Å². The van der Waals surface area contributed by atoms with Crippen molar-refractivity contribution in [1.29, 1.82) is 0 Å². The van der Waals surface area contributed by atoms with Gasteiger partial charge in [0.2, 0.25) is 0 Å². The van der Waals surface area contributed by atoms with Gasteiger partial charge in [-0.3, -0.25) is 14.7 Å². The highest BCUT2D eigenvalue weighted by atomic mass is 35.5. The van der Waals surface area contributed by atoms with Crippen LogP contribution in [0.4, 0.5) is 5.13 Å². The zero-order valence-electron chi connectivity index (χ0n) is 18.1. The quantitative estimate of drug-likeness (QED) is 0.314. The predicted octanol–water partition coefficient (Wildman–Crippen LogP) is 5.99. The van der Waals surface area contributed by atoms with E-state index in [0.717, 1.165) is 32.7 Å². The van der Waals surface area contributed by atoms with E-state index < -0.39 is 0 Å². The number of hydrogen-bond acceptors (Lipinski definition) is 5. The highest BCUT2D eigenvalue weighted by molar-refractivity contribution is 7.22. The molecule has 8 heteroatoms. The van der Waals surface area contributed by atoms with Crippen molar-refractivity contribution < 1.29 is 4.79 Å². The summed E-state index contributed by atoms with van der Waals surface area (Å²) in [5.74, 6) is -0.165. The predicted molar refractivity (Wildman–Crippen MR) is 132 cm³/mol. The lowest BCUT2D eigenvalue weighted by atomic mass is 10.2. The van der Waals surface area contributed by atoms with Gasteiger partial charge in [-0.15, -0.1) is 0 Å². The summed E-state index contributed by atoms with van der Waals surface area (Å²) in [6, 6.07) is 17.3. The van der Waals surface area contributed by atoms with Gasteiger partial charge in [0, 0.05) is 17.4 Å². The number of para-hydroxylation sites is 1. The fourth-order valence-electron chi connectivity index (χ4n) is 3.75. The molecule has 0 atom stereocenters. The summed E-state index contributed by atoms with van der Waals surface area (Å²) in [6.07, 6.45) is 5.10. The van der Waals surface area contributed by atoms with E-state index in [9.17, 15) is 4.79 Å². The first-order valence-electron chi connectivity index (χ1n) is 10.4. The second-order valence-electron chi connectivity index (χ2n) is 7.71.